The van der Waals surface area contributed by atoms with Gasteiger partial charge in [0.2, 0.25) is 5.91 Å². The number of alkyl halides is 3. The lowest BCUT2D eigenvalue weighted by atomic mass is 9.81. The van der Waals surface area contributed by atoms with Gasteiger partial charge in [0.15, 0.2) is 5.65 Å². The number of pyridine rings is 1. The third kappa shape index (κ3) is 4.61. The lowest BCUT2D eigenvalue weighted by molar-refractivity contribution is -0.141. The number of amides is 1. The van der Waals surface area contributed by atoms with Crippen LogP contribution in [-0.2, 0) is 11.0 Å². The molecule has 2 aromatic heterocycles. The van der Waals surface area contributed by atoms with Crippen LogP contribution >= 0.6 is 0 Å². The maximum atomic E-state index is 13.2. The Morgan fingerprint density at radius 2 is 1.93 bits per heavy atom. The van der Waals surface area contributed by atoms with E-state index in [0.717, 1.165) is 25.3 Å². The predicted octanol–water partition coefficient (Wildman–Crippen LogP) is 4.40. The minimum atomic E-state index is -4.56. The van der Waals surface area contributed by atoms with Gasteiger partial charge < -0.3 is 15.0 Å². The normalized spacial score (nSPS) is 16.7. The van der Waals surface area contributed by atoms with Gasteiger partial charge in [-0.2, -0.15) is 13.2 Å². The number of carbonyl (C=O) groups excluding carboxylic acids is 1. The Balaban J connectivity index is 1.96. The van der Waals surface area contributed by atoms with Gasteiger partial charge in [-0.25, -0.2) is 9.97 Å². The molecule has 1 aliphatic carbocycles. The summed E-state index contributed by atoms with van der Waals surface area (Å²) in [5, 5.41) is 14.0. The van der Waals surface area contributed by atoms with Crippen LogP contribution in [0.4, 0.5) is 13.2 Å². The molecule has 0 saturated heterocycles. The van der Waals surface area contributed by atoms with Crippen LogP contribution in [0.15, 0.2) is 12.1 Å². The molecule has 30 heavy (non-hydrogen) atoms. The van der Waals surface area contributed by atoms with Crippen molar-refractivity contribution in [3.63, 3.8) is 0 Å². The summed E-state index contributed by atoms with van der Waals surface area (Å²) in [5.74, 6) is 0.387. The number of aromatic nitrogens is 3. The minimum absolute atomic E-state index is 0.0544. The van der Waals surface area contributed by atoms with Crippen molar-refractivity contribution in [3.8, 4) is 0 Å². The summed E-state index contributed by atoms with van der Waals surface area (Å²) in [6.07, 6.45) is -3.09. The van der Waals surface area contributed by atoms with E-state index in [0.29, 0.717) is 18.0 Å². The highest BCUT2D eigenvalue weighted by Gasteiger charge is 2.39. The van der Waals surface area contributed by atoms with Crippen molar-refractivity contribution in [2.75, 3.05) is 6.54 Å². The highest BCUT2D eigenvalue weighted by atomic mass is 19.4. The molecule has 2 heterocycles. The van der Waals surface area contributed by atoms with Crippen LogP contribution in [0.25, 0.3) is 11.2 Å². The standard InChI is InChI=1S/C21H29F3N4O2/c1-12(2)11-25-16(29)10-20(3,4)17(30)19-26-14-8-9-15(21(22,23)24)27-18(14)28(19)13-6-5-7-13/h8-9,12-13,17,30H,5-7,10-11H2,1-4H3,(H,25,29). The second kappa shape index (κ2) is 8.17. The summed E-state index contributed by atoms with van der Waals surface area (Å²) in [6.45, 7) is 8.03. The first-order valence-electron chi connectivity index (χ1n) is 10.3. The molecule has 6 nitrogen and oxygen atoms in total. The van der Waals surface area contributed by atoms with E-state index in [-0.39, 0.29) is 29.8 Å². The van der Waals surface area contributed by atoms with E-state index >= 15 is 0 Å². The molecule has 1 amide bonds. The number of nitrogens with one attached hydrogen (secondary N) is 1. The van der Waals surface area contributed by atoms with E-state index in [1.54, 1.807) is 18.4 Å². The lowest BCUT2D eigenvalue weighted by Gasteiger charge is -2.34. The van der Waals surface area contributed by atoms with Crippen LogP contribution in [0.2, 0.25) is 0 Å². The molecular weight excluding hydrogens is 397 g/mol. The second-order valence-electron chi connectivity index (χ2n) is 9.23. The monoisotopic (exact) mass is 426 g/mol. The maximum absolute atomic E-state index is 13.2. The second-order valence-corrected chi connectivity index (χ2v) is 9.23. The van der Waals surface area contributed by atoms with Crippen molar-refractivity contribution in [1.82, 2.24) is 19.9 Å². The van der Waals surface area contributed by atoms with Crippen molar-refractivity contribution in [2.45, 2.75) is 71.7 Å². The third-order valence-electron chi connectivity index (χ3n) is 5.60. The molecule has 0 radical (unpaired) electrons. The topological polar surface area (TPSA) is 80.0 Å². The number of imidazole rings is 1. The maximum Gasteiger partial charge on any atom is 0.433 e. The number of carbonyl (C=O) groups is 1. The van der Waals surface area contributed by atoms with Crippen LogP contribution in [0.5, 0.6) is 0 Å². The largest absolute Gasteiger partial charge is 0.433 e. The molecule has 0 bridgehead atoms. The molecule has 166 valence electrons. The number of halogens is 3. The molecule has 0 aromatic carbocycles. The minimum Gasteiger partial charge on any atom is -0.385 e. The van der Waals surface area contributed by atoms with Gasteiger partial charge in [-0.3, -0.25) is 4.79 Å². The number of rotatable bonds is 7. The van der Waals surface area contributed by atoms with Crippen LogP contribution in [0, 0.1) is 11.3 Å². The molecule has 1 fully saturated rings. The Morgan fingerprint density at radius 1 is 1.27 bits per heavy atom. The lowest BCUT2D eigenvalue weighted by Crippen LogP contribution is -2.35. The van der Waals surface area contributed by atoms with Crippen LogP contribution < -0.4 is 5.32 Å². The Labute approximate surface area is 173 Å². The summed E-state index contributed by atoms with van der Waals surface area (Å²) in [7, 11) is 0. The number of aliphatic hydroxyl groups is 1. The fraction of sp³-hybridized carbons (Fsp3) is 0.667. The van der Waals surface area contributed by atoms with Gasteiger partial charge in [-0.15, -0.1) is 0 Å². The van der Waals surface area contributed by atoms with Gasteiger partial charge in [-0.1, -0.05) is 27.7 Å². The number of hydrogen-bond acceptors (Lipinski definition) is 4. The zero-order valence-electron chi connectivity index (χ0n) is 17.8. The zero-order valence-corrected chi connectivity index (χ0v) is 17.8. The van der Waals surface area contributed by atoms with Crippen molar-refractivity contribution in [3.05, 3.63) is 23.7 Å². The Bertz CT molecular complexity index is 917. The van der Waals surface area contributed by atoms with Gasteiger partial charge >= 0.3 is 6.18 Å². The molecule has 0 spiro atoms. The van der Waals surface area contributed by atoms with E-state index in [1.807, 2.05) is 13.8 Å². The van der Waals surface area contributed by atoms with Gasteiger partial charge in [0.25, 0.3) is 0 Å². The molecule has 2 aromatic rings. The van der Waals surface area contributed by atoms with Crippen molar-refractivity contribution in [2.24, 2.45) is 11.3 Å². The zero-order chi connectivity index (χ0) is 22.3. The molecule has 1 unspecified atom stereocenters. The van der Waals surface area contributed by atoms with E-state index in [4.69, 9.17) is 0 Å². The van der Waals surface area contributed by atoms with E-state index in [2.05, 4.69) is 15.3 Å². The summed E-state index contributed by atoms with van der Waals surface area (Å²) in [4.78, 5) is 20.6. The first-order chi connectivity index (χ1) is 13.9. The fourth-order valence-electron chi connectivity index (χ4n) is 3.59. The third-order valence-corrected chi connectivity index (χ3v) is 5.60. The summed E-state index contributed by atoms with van der Waals surface area (Å²) < 4.78 is 41.2. The molecule has 2 N–H and O–H groups in total. The first-order valence-corrected chi connectivity index (χ1v) is 10.3. The summed E-state index contributed by atoms with van der Waals surface area (Å²) >= 11 is 0. The van der Waals surface area contributed by atoms with Crippen molar-refractivity contribution < 1.29 is 23.1 Å². The summed E-state index contributed by atoms with van der Waals surface area (Å²) in [5.41, 5.74) is -1.41. The number of hydrogen-bond donors (Lipinski definition) is 2. The Hall–Kier alpha value is -2.16. The highest BCUT2D eigenvalue weighted by Crippen LogP contribution is 2.42. The van der Waals surface area contributed by atoms with Gasteiger partial charge in [0.05, 0.1) is 0 Å². The number of fused-ring (bicyclic) bond motifs is 1. The molecule has 1 saturated carbocycles. The van der Waals surface area contributed by atoms with Crippen LogP contribution in [-0.4, -0.2) is 32.1 Å². The van der Waals surface area contributed by atoms with Gasteiger partial charge in [-0.05, 0) is 37.3 Å². The molecular formula is C21H29F3N4O2. The molecule has 0 aliphatic heterocycles. The van der Waals surface area contributed by atoms with Gasteiger partial charge in [0.1, 0.15) is 23.1 Å². The van der Waals surface area contributed by atoms with E-state index in [9.17, 15) is 23.1 Å². The predicted molar refractivity (Wildman–Crippen MR) is 107 cm³/mol. The smallest absolute Gasteiger partial charge is 0.385 e. The molecule has 1 atom stereocenters. The highest BCUT2D eigenvalue weighted by molar-refractivity contribution is 5.77. The first kappa shape index (κ1) is 22.5. The number of aliphatic hydroxyl groups excluding tert-OH is 1. The van der Waals surface area contributed by atoms with Crippen molar-refractivity contribution >= 4 is 17.1 Å². The van der Waals surface area contributed by atoms with Crippen LogP contribution in [0.1, 0.15) is 77.0 Å². The van der Waals surface area contributed by atoms with E-state index < -0.39 is 23.4 Å². The van der Waals surface area contributed by atoms with Crippen molar-refractivity contribution in [1.29, 1.82) is 0 Å². The summed E-state index contributed by atoms with van der Waals surface area (Å²) in [6, 6.07) is 2.14. The van der Waals surface area contributed by atoms with Crippen LogP contribution in [0.3, 0.4) is 0 Å². The fourth-order valence-corrected chi connectivity index (χ4v) is 3.59. The van der Waals surface area contributed by atoms with Gasteiger partial charge in [0, 0.05) is 24.4 Å². The molecule has 1 aliphatic rings. The Kier molecular flexibility index (Phi) is 6.13. The average Bonchev–Trinajstić information content (AvgIpc) is 2.95. The average molecular weight is 426 g/mol. The quantitative estimate of drug-likeness (QED) is 0.688. The number of nitrogens with zero attached hydrogens (tertiary/aromatic N) is 3. The molecule has 3 rings (SSSR count). The van der Waals surface area contributed by atoms with E-state index in [1.165, 1.54) is 6.07 Å². The molecule has 9 heteroatoms. The SMILES string of the molecule is CC(C)CNC(=O)CC(C)(C)C(O)c1nc2ccc(C(F)(F)F)nc2n1C1CCC1. The Morgan fingerprint density at radius 3 is 2.47 bits per heavy atom.